The molecule has 0 aliphatic carbocycles. The van der Waals surface area contributed by atoms with Crippen molar-refractivity contribution >= 4 is 11.6 Å². The van der Waals surface area contributed by atoms with Gasteiger partial charge in [0, 0.05) is 42.6 Å². The van der Waals surface area contributed by atoms with E-state index < -0.39 is 11.5 Å². The molecule has 34 heavy (non-hydrogen) atoms. The first-order valence-corrected chi connectivity index (χ1v) is 11.4. The Hall–Kier alpha value is -4.13. The summed E-state index contributed by atoms with van der Waals surface area (Å²) in [6.45, 7) is 2.42. The lowest BCUT2D eigenvalue weighted by atomic mass is 9.70. The maximum Gasteiger partial charge on any atom is 0.243 e. The molecule has 0 saturated heterocycles. The zero-order valence-electron chi connectivity index (χ0n) is 18.5. The number of anilines is 1. The van der Waals surface area contributed by atoms with Gasteiger partial charge in [0.15, 0.2) is 0 Å². The molecule has 1 N–H and O–H groups in total. The van der Waals surface area contributed by atoms with E-state index in [-0.39, 0.29) is 5.91 Å². The van der Waals surface area contributed by atoms with E-state index >= 15 is 0 Å². The fraction of sp³-hybridized carbons (Fsp3) is 0.222. The lowest BCUT2D eigenvalue weighted by Crippen LogP contribution is -2.46. The largest absolute Gasteiger partial charge is 0.493 e. The number of ether oxygens (including phenoxy) is 2. The molecule has 2 unspecified atom stereocenters. The zero-order chi connectivity index (χ0) is 22.9. The van der Waals surface area contributed by atoms with E-state index in [2.05, 4.69) is 21.5 Å². The van der Waals surface area contributed by atoms with Gasteiger partial charge in [0.1, 0.15) is 23.0 Å². The molecule has 0 radical (unpaired) electrons. The molecule has 1 aromatic heterocycles. The van der Waals surface area contributed by atoms with E-state index in [1.807, 2.05) is 54.6 Å². The van der Waals surface area contributed by atoms with Crippen molar-refractivity contribution in [2.75, 3.05) is 11.9 Å². The summed E-state index contributed by atoms with van der Waals surface area (Å²) in [5, 5.41) is 7.16. The topological polar surface area (TPSA) is 86.5 Å². The lowest BCUT2D eigenvalue weighted by Gasteiger charge is -2.29. The molecule has 7 nitrogen and oxygen atoms in total. The summed E-state index contributed by atoms with van der Waals surface area (Å²) in [5.74, 6) is 2.56. The van der Waals surface area contributed by atoms with Crippen LogP contribution in [0.4, 0.5) is 5.69 Å². The Labute approximate surface area is 195 Å². The number of benzene rings is 3. The van der Waals surface area contributed by atoms with Gasteiger partial charge in [-0.05, 0) is 34.9 Å². The normalized spacial score (nSPS) is 21.6. The first-order valence-electron chi connectivity index (χ1n) is 11.4. The summed E-state index contributed by atoms with van der Waals surface area (Å²) in [6.07, 6.45) is 0.946. The van der Waals surface area contributed by atoms with Crippen molar-refractivity contribution in [3.05, 3.63) is 88.8 Å². The molecule has 3 aliphatic rings. The van der Waals surface area contributed by atoms with Crippen LogP contribution in [0.25, 0.3) is 11.4 Å². The van der Waals surface area contributed by atoms with Crippen molar-refractivity contribution in [1.29, 1.82) is 0 Å². The molecule has 1 amide bonds. The molecule has 1 spiro atoms. The molecule has 0 bridgehead atoms. The minimum Gasteiger partial charge on any atom is -0.493 e. The third kappa shape index (κ3) is 2.61. The smallest absolute Gasteiger partial charge is 0.243 e. The molecule has 168 valence electrons. The summed E-state index contributed by atoms with van der Waals surface area (Å²) in [6, 6.07) is 20.0. The third-order valence-corrected chi connectivity index (χ3v) is 7.06. The second kappa shape index (κ2) is 6.93. The summed E-state index contributed by atoms with van der Waals surface area (Å²) in [4.78, 5) is 18.1. The average molecular weight is 451 g/mol. The minimum absolute atomic E-state index is 0.0544. The van der Waals surface area contributed by atoms with E-state index in [4.69, 9.17) is 14.0 Å². The van der Waals surface area contributed by atoms with Gasteiger partial charge in [0.05, 0.1) is 6.61 Å². The van der Waals surface area contributed by atoms with Gasteiger partial charge in [-0.25, -0.2) is 0 Å². The van der Waals surface area contributed by atoms with Gasteiger partial charge in [-0.1, -0.05) is 41.6 Å². The Bertz CT molecular complexity index is 1480. The summed E-state index contributed by atoms with van der Waals surface area (Å²) >= 11 is 0. The number of hydrogen-bond donors (Lipinski definition) is 1. The van der Waals surface area contributed by atoms with Gasteiger partial charge >= 0.3 is 0 Å². The van der Waals surface area contributed by atoms with Crippen molar-refractivity contribution < 1.29 is 18.8 Å². The SMILES string of the molecule is Cc1nc(-c2cccc(CC3Oc4cc5c(cc4C34C(=O)Nc3ccccc34)CCO5)c2)no1. The van der Waals surface area contributed by atoms with E-state index in [9.17, 15) is 4.79 Å². The molecule has 7 rings (SSSR count). The Morgan fingerprint density at radius 2 is 1.97 bits per heavy atom. The number of carbonyl (C=O) groups is 1. The van der Waals surface area contributed by atoms with Crippen LogP contribution in [0.2, 0.25) is 0 Å². The van der Waals surface area contributed by atoms with E-state index in [0.29, 0.717) is 30.5 Å². The Balaban J connectivity index is 1.36. The lowest BCUT2D eigenvalue weighted by molar-refractivity contribution is -0.121. The number of rotatable bonds is 3. The second-order valence-electron chi connectivity index (χ2n) is 9.01. The number of nitrogens with zero attached hydrogens (tertiary/aromatic N) is 2. The molecule has 3 aromatic carbocycles. The van der Waals surface area contributed by atoms with Gasteiger partial charge in [0.2, 0.25) is 17.6 Å². The van der Waals surface area contributed by atoms with Crippen LogP contribution < -0.4 is 14.8 Å². The molecule has 2 atom stereocenters. The monoisotopic (exact) mass is 451 g/mol. The number of amides is 1. The highest BCUT2D eigenvalue weighted by atomic mass is 16.5. The summed E-state index contributed by atoms with van der Waals surface area (Å²) < 4.78 is 17.5. The van der Waals surface area contributed by atoms with Crippen LogP contribution in [-0.2, 0) is 23.1 Å². The van der Waals surface area contributed by atoms with Crippen LogP contribution in [-0.4, -0.2) is 28.8 Å². The highest BCUT2D eigenvalue weighted by Crippen LogP contribution is 2.55. The van der Waals surface area contributed by atoms with Crippen LogP contribution in [0.3, 0.4) is 0 Å². The van der Waals surface area contributed by atoms with Crippen LogP contribution in [0.1, 0.15) is 28.1 Å². The molecule has 4 aromatic rings. The molecule has 0 saturated carbocycles. The predicted octanol–water partition coefficient (Wildman–Crippen LogP) is 4.22. The number of hydrogen-bond acceptors (Lipinski definition) is 6. The first kappa shape index (κ1) is 19.3. The van der Waals surface area contributed by atoms with Gasteiger partial charge in [-0.2, -0.15) is 4.98 Å². The fourth-order valence-corrected chi connectivity index (χ4v) is 5.56. The number of para-hydroxylation sites is 1. The van der Waals surface area contributed by atoms with E-state index in [1.54, 1.807) is 6.92 Å². The standard InChI is InChI=1S/C27H21N3O4/c1-15-28-25(30-34-15)18-6-4-5-16(11-18)12-24-27(19-7-2-3-8-21(19)29-26(27)31)20-13-17-9-10-32-22(17)14-23(20)33-24/h2-8,11,13-14,24H,9-10,12H2,1H3,(H,29,31). The average Bonchev–Trinajstić information content (AvgIpc) is 3.60. The predicted molar refractivity (Wildman–Crippen MR) is 124 cm³/mol. The van der Waals surface area contributed by atoms with Gasteiger partial charge in [0.25, 0.3) is 0 Å². The molecule has 0 fully saturated rings. The highest BCUT2D eigenvalue weighted by molar-refractivity contribution is 6.10. The summed E-state index contributed by atoms with van der Waals surface area (Å²) in [5.41, 5.74) is 4.78. The van der Waals surface area contributed by atoms with Gasteiger partial charge in [-0.15, -0.1) is 0 Å². The third-order valence-electron chi connectivity index (χ3n) is 7.06. The molecule has 4 heterocycles. The van der Waals surface area contributed by atoms with Crippen LogP contribution in [0, 0.1) is 6.92 Å². The maximum absolute atomic E-state index is 13.8. The Morgan fingerprint density at radius 1 is 1.06 bits per heavy atom. The number of nitrogens with one attached hydrogen (secondary N) is 1. The summed E-state index contributed by atoms with van der Waals surface area (Å²) in [7, 11) is 0. The molecular weight excluding hydrogens is 430 g/mol. The second-order valence-corrected chi connectivity index (χ2v) is 9.01. The van der Waals surface area contributed by atoms with E-state index in [1.165, 1.54) is 0 Å². The van der Waals surface area contributed by atoms with Crippen molar-refractivity contribution in [2.45, 2.75) is 31.3 Å². The first-order chi connectivity index (χ1) is 16.6. The molecule has 7 heteroatoms. The van der Waals surface area contributed by atoms with Crippen LogP contribution >= 0.6 is 0 Å². The minimum atomic E-state index is -0.928. The van der Waals surface area contributed by atoms with Gasteiger partial charge < -0.3 is 19.3 Å². The molecular formula is C27H21N3O4. The van der Waals surface area contributed by atoms with Gasteiger partial charge in [-0.3, -0.25) is 4.79 Å². The van der Waals surface area contributed by atoms with Crippen LogP contribution in [0.15, 0.2) is 65.2 Å². The van der Waals surface area contributed by atoms with Crippen LogP contribution in [0.5, 0.6) is 11.5 Å². The van der Waals surface area contributed by atoms with Crippen molar-refractivity contribution in [1.82, 2.24) is 10.1 Å². The Kier molecular flexibility index (Phi) is 3.95. The number of fused-ring (bicyclic) bond motifs is 5. The van der Waals surface area contributed by atoms with Crippen molar-refractivity contribution in [2.24, 2.45) is 0 Å². The van der Waals surface area contributed by atoms with Crippen molar-refractivity contribution in [3.8, 4) is 22.9 Å². The van der Waals surface area contributed by atoms with E-state index in [0.717, 1.165) is 45.7 Å². The highest BCUT2D eigenvalue weighted by Gasteiger charge is 2.60. The number of aromatic nitrogens is 2. The van der Waals surface area contributed by atoms with Crippen molar-refractivity contribution in [3.63, 3.8) is 0 Å². The maximum atomic E-state index is 13.8. The quantitative estimate of drug-likeness (QED) is 0.502. The zero-order valence-corrected chi connectivity index (χ0v) is 18.5. The number of carbonyl (C=O) groups excluding carboxylic acids is 1. The Morgan fingerprint density at radius 3 is 2.85 bits per heavy atom. The molecule has 3 aliphatic heterocycles. The number of aryl methyl sites for hydroxylation is 1. The fourth-order valence-electron chi connectivity index (χ4n) is 5.56.